The molecule has 3 rings (SSSR count). The fourth-order valence-corrected chi connectivity index (χ4v) is 2.08. The summed E-state index contributed by atoms with van der Waals surface area (Å²) in [5, 5.41) is 14.6. The number of aromatic nitrogens is 6. The Morgan fingerprint density at radius 3 is 3.22 bits per heavy atom. The summed E-state index contributed by atoms with van der Waals surface area (Å²) >= 11 is 0. The number of H-pyrrole nitrogens is 1. The van der Waals surface area contributed by atoms with Crippen molar-refractivity contribution < 1.29 is 0 Å². The van der Waals surface area contributed by atoms with Crippen molar-refractivity contribution in [3.8, 4) is 0 Å². The maximum atomic E-state index is 4.49. The third-order valence-electron chi connectivity index (χ3n) is 2.95. The van der Waals surface area contributed by atoms with Gasteiger partial charge in [0.1, 0.15) is 25.0 Å². The minimum Gasteiger partial charge on any atom is -0.337 e. The Hall–Kier alpha value is -1.96. The van der Waals surface area contributed by atoms with E-state index in [4.69, 9.17) is 0 Å². The van der Waals surface area contributed by atoms with E-state index in [1.165, 1.54) is 6.33 Å². The molecule has 1 saturated heterocycles. The van der Waals surface area contributed by atoms with Gasteiger partial charge in [0.05, 0.1) is 0 Å². The molecule has 0 spiro atoms. The average molecular weight is 248 g/mol. The van der Waals surface area contributed by atoms with Gasteiger partial charge >= 0.3 is 0 Å². The summed E-state index contributed by atoms with van der Waals surface area (Å²) < 4.78 is 1.71. The van der Waals surface area contributed by atoms with Crippen LogP contribution in [0.2, 0.25) is 0 Å². The monoisotopic (exact) mass is 248 g/mol. The van der Waals surface area contributed by atoms with Crippen LogP contribution in [0.25, 0.3) is 0 Å². The molecular formula is C10H16N8. The van der Waals surface area contributed by atoms with Gasteiger partial charge in [-0.3, -0.25) is 5.10 Å². The van der Waals surface area contributed by atoms with Crippen LogP contribution >= 0.6 is 0 Å². The Labute approximate surface area is 104 Å². The summed E-state index contributed by atoms with van der Waals surface area (Å²) in [6, 6.07) is 0.469. The number of hydrogen-bond donors (Lipinski definition) is 2. The quantitative estimate of drug-likeness (QED) is 0.742. The highest BCUT2D eigenvalue weighted by Gasteiger charge is 2.19. The van der Waals surface area contributed by atoms with Crippen molar-refractivity contribution in [2.75, 3.05) is 24.5 Å². The van der Waals surface area contributed by atoms with Gasteiger partial charge < -0.3 is 10.2 Å². The molecule has 0 saturated carbocycles. The summed E-state index contributed by atoms with van der Waals surface area (Å²) in [5.41, 5.74) is 0. The fraction of sp³-hybridized carbons (Fsp3) is 0.600. The van der Waals surface area contributed by atoms with Crippen LogP contribution in [0.3, 0.4) is 0 Å². The molecule has 3 heterocycles. The molecule has 0 amide bonds. The molecule has 2 aromatic rings. The van der Waals surface area contributed by atoms with E-state index in [0.717, 1.165) is 31.4 Å². The highest BCUT2D eigenvalue weighted by Crippen LogP contribution is 2.10. The van der Waals surface area contributed by atoms with Crippen LogP contribution in [0.1, 0.15) is 12.7 Å². The van der Waals surface area contributed by atoms with Crippen LogP contribution in [0.4, 0.5) is 5.95 Å². The van der Waals surface area contributed by atoms with E-state index in [1.807, 2.05) is 0 Å². The van der Waals surface area contributed by atoms with Crippen LogP contribution in [-0.4, -0.2) is 55.6 Å². The Bertz CT molecular complexity index is 490. The summed E-state index contributed by atoms with van der Waals surface area (Å²) in [7, 11) is 0. The first kappa shape index (κ1) is 11.1. The summed E-state index contributed by atoms with van der Waals surface area (Å²) in [4.78, 5) is 10.6. The predicted octanol–water partition coefficient (Wildman–Crippen LogP) is -0.757. The van der Waals surface area contributed by atoms with E-state index >= 15 is 0 Å². The van der Waals surface area contributed by atoms with Gasteiger partial charge in [0.25, 0.3) is 0 Å². The number of nitrogens with zero attached hydrogens (tertiary/aromatic N) is 6. The molecule has 8 nitrogen and oxygen atoms in total. The molecule has 96 valence electrons. The maximum Gasteiger partial charge on any atom is 0.244 e. The van der Waals surface area contributed by atoms with Gasteiger partial charge in [-0.25, -0.2) is 9.67 Å². The van der Waals surface area contributed by atoms with E-state index in [0.29, 0.717) is 12.6 Å². The smallest absolute Gasteiger partial charge is 0.244 e. The zero-order chi connectivity index (χ0) is 12.4. The zero-order valence-electron chi connectivity index (χ0n) is 10.2. The molecule has 2 N–H and O–H groups in total. The second-order valence-electron chi connectivity index (χ2n) is 4.48. The number of nitrogens with one attached hydrogen (secondary N) is 2. The lowest BCUT2D eigenvalue weighted by Crippen LogP contribution is -2.49. The number of anilines is 1. The van der Waals surface area contributed by atoms with Crippen LogP contribution in [-0.2, 0) is 6.54 Å². The SMILES string of the molecule is C[C@H]1CN(c2n[nH]c(Cn3cncn3)n2)CCN1. The van der Waals surface area contributed by atoms with Crippen molar-refractivity contribution in [1.29, 1.82) is 0 Å². The second-order valence-corrected chi connectivity index (χ2v) is 4.48. The van der Waals surface area contributed by atoms with E-state index in [9.17, 15) is 0 Å². The first-order chi connectivity index (χ1) is 8.81. The van der Waals surface area contributed by atoms with Crippen LogP contribution in [0, 0.1) is 0 Å². The molecule has 1 atom stereocenters. The number of piperazine rings is 1. The Kier molecular flexibility index (Phi) is 2.93. The standard InChI is InChI=1S/C10H16N8/c1-8-4-17(3-2-12-8)10-14-9(15-16-10)5-18-7-11-6-13-18/h6-8,12H,2-5H2,1H3,(H,14,15,16)/t8-/m0/s1. The fourth-order valence-electron chi connectivity index (χ4n) is 2.08. The van der Waals surface area contributed by atoms with Gasteiger partial charge in [0, 0.05) is 25.7 Å². The molecule has 18 heavy (non-hydrogen) atoms. The van der Waals surface area contributed by atoms with Gasteiger partial charge in [-0.05, 0) is 6.92 Å². The summed E-state index contributed by atoms with van der Waals surface area (Å²) in [6.45, 7) is 5.56. The number of aromatic amines is 1. The van der Waals surface area contributed by atoms with Crippen LogP contribution < -0.4 is 10.2 Å². The molecule has 0 aliphatic carbocycles. The van der Waals surface area contributed by atoms with Crippen molar-refractivity contribution in [2.45, 2.75) is 19.5 Å². The van der Waals surface area contributed by atoms with E-state index in [1.54, 1.807) is 11.0 Å². The van der Waals surface area contributed by atoms with Crippen molar-refractivity contribution in [2.24, 2.45) is 0 Å². The van der Waals surface area contributed by atoms with E-state index < -0.39 is 0 Å². The molecule has 1 fully saturated rings. The number of hydrogen-bond acceptors (Lipinski definition) is 6. The highest BCUT2D eigenvalue weighted by atomic mass is 15.4. The molecule has 2 aromatic heterocycles. The molecule has 0 bridgehead atoms. The van der Waals surface area contributed by atoms with Gasteiger partial charge in [-0.1, -0.05) is 0 Å². The minimum atomic E-state index is 0.469. The van der Waals surface area contributed by atoms with E-state index in [2.05, 4.69) is 42.4 Å². The minimum absolute atomic E-state index is 0.469. The van der Waals surface area contributed by atoms with Crippen molar-refractivity contribution in [3.05, 3.63) is 18.5 Å². The van der Waals surface area contributed by atoms with Crippen molar-refractivity contribution >= 4 is 5.95 Å². The normalized spacial score (nSPS) is 20.3. The molecule has 1 aliphatic rings. The van der Waals surface area contributed by atoms with Crippen LogP contribution in [0.5, 0.6) is 0 Å². The lowest BCUT2D eigenvalue weighted by Gasteiger charge is -2.30. The number of rotatable bonds is 3. The van der Waals surface area contributed by atoms with E-state index in [-0.39, 0.29) is 0 Å². The Morgan fingerprint density at radius 2 is 2.44 bits per heavy atom. The molecule has 0 aromatic carbocycles. The average Bonchev–Trinajstić information content (AvgIpc) is 3.01. The molecule has 0 unspecified atom stereocenters. The third kappa shape index (κ3) is 2.33. The lowest BCUT2D eigenvalue weighted by molar-refractivity contribution is 0.479. The Morgan fingerprint density at radius 1 is 1.50 bits per heavy atom. The van der Waals surface area contributed by atoms with Crippen molar-refractivity contribution in [1.82, 2.24) is 35.3 Å². The Balaban J connectivity index is 1.69. The summed E-state index contributed by atoms with van der Waals surface area (Å²) in [5.74, 6) is 1.56. The lowest BCUT2D eigenvalue weighted by atomic mass is 10.2. The van der Waals surface area contributed by atoms with Gasteiger partial charge in [0.2, 0.25) is 5.95 Å². The second kappa shape index (κ2) is 4.73. The first-order valence-corrected chi connectivity index (χ1v) is 6.03. The molecule has 0 radical (unpaired) electrons. The maximum absolute atomic E-state index is 4.49. The predicted molar refractivity (Wildman–Crippen MR) is 65.2 cm³/mol. The van der Waals surface area contributed by atoms with Crippen molar-refractivity contribution in [3.63, 3.8) is 0 Å². The molecule has 1 aliphatic heterocycles. The molecule has 8 heteroatoms. The summed E-state index contributed by atoms with van der Waals surface area (Å²) in [6.07, 6.45) is 3.17. The highest BCUT2D eigenvalue weighted by molar-refractivity contribution is 5.30. The largest absolute Gasteiger partial charge is 0.337 e. The third-order valence-corrected chi connectivity index (χ3v) is 2.95. The van der Waals surface area contributed by atoms with Crippen LogP contribution in [0.15, 0.2) is 12.7 Å². The van der Waals surface area contributed by atoms with Gasteiger partial charge in [-0.15, -0.1) is 5.10 Å². The topological polar surface area (TPSA) is 87.6 Å². The first-order valence-electron chi connectivity index (χ1n) is 6.03. The van der Waals surface area contributed by atoms with Gasteiger partial charge in [-0.2, -0.15) is 10.1 Å². The zero-order valence-corrected chi connectivity index (χ0v) is 10.2. The van der Waals surface area contributed by atoms with Gasteiger partial charge in [0.15, 0.2) is 0 Å². The molecular weight excluding hydrogens is 232 g/mol.